The first-order valence-electron chi connectivity index (χ1n) is 4.92. The molecule has 90 valence electrons. The van der Waals surface area contributed by atoms with Gasteiger partial charge in [-0.15, -0.1) is 0 Å². The number of aryl methyl sites for hydroxylation is 1. The van der Waals surface area contributed by atoms with Gasteiger partial charge in [0.2, 0.25) is 0 Å². The summed E-state index contributed by atoms with van der Waals surface area (Å²) in [7, 11) is -3.13. The molecule has 1 atom stereocenters. The van der Waals surface area contributed by atoms with Crippen LogP contribution in [0.4, 0.5) is 4.39 Å². The molecule has 16 heavy (non-hydrogen) atoms. The maximum absolute atomic E-state index is 13.6. The van der Waals surface area contributed by atoms with Crippen LogP contribution in [0.1, 0.15) is 23.7 Å². The molecule has 0 radical (unpaired) electrons. The first-order valence-corrected chi connectivity index (χ1v) is 6.98. The van der Waals surface area contributed by atoms with E-state index in [9.17, 15) is 17.9 Å². The number of hydrogen-bond donors (Lipinski definition) is 1. The van der Waals surface area contributed by atoms with E-state index in [2.05, 4.69) is 0 Å². The molecule has 1 aromatic rings. The molecule has 0 saturated heterocycles. The second kappa shape index (κ2) is 4.93. The highest BCUT2D eigenvalue weighted by Gasteiger charge is 2.16. The Hall–Kier alpha value is -0.940. The molecule has 0 aliphatic rings. The average molecular weight is 246 g/mol. The van der Waals surface area contributed by atoms with Crippen LogP contribution in [0.5, 0.6) is 0 Å². The molecule has 1 N–H and O–H groups in total. The number of halogens is 1. The Labute approximate surface area is 94.8 Å². The van der Waals surface area contributed by atoms with E-state index in [0.717, 1.165) is 6.26 Å². The van der Waals surface area contributed by atoms with Crippen molar-refractivity contribution in [2.24, 2.45) is 0 Å². The van der Waals surface area contributed by atoms with E-state index in [-0.39, 0.29) is 17.7 Å². The summed E-state index contributed by atoms with van der Waals surface area (Å²) in [5.41, 5.74) is 0.597. The van der Waals surface area contributed by atoms with E-state index in [1.165, 1.54) is 6.07 Å². The summed E-state index contributed by atoms with van der Waals surface area (Å²) < 4.78 is 35.4. The average Bonchev–Trinajstić information content (AvgIpc) is 2.17. The number of aliphatic hydroxyl groups is 1. The summed E-state index contributed by atoms with van der Waals surface area (Å²) >= 11 is 0. The Morgan fingerprint density at radius 1 is 1.44 bits per heavy atom. The number of hydrogen-bond acceptors (Lipinski definition) is 3. The van der Waals surface area contributed by atoms with Crippen molar-refractivity contribution in [1.29, 1.82) is 0 Å². The molecular formula is C11H15FO3S. The lowest BCUT2D eigenvalue weighted by Crippen LogP contribution is -2.10. The first-order chi connectivity index (χ1) is 7.31. The van der Waals surface area contributed by atoms with Gasteiger partial charge in [0.15, 0.2) is 0 Å². The summed E-state index contributed by atoms with van der Waals surface area (Å²) in [6.07, 6.45) is 0.0283. The van der Waals surface area contributed by atoms with Crippen molar-refractivity contribution >= 4 is 9.84 Å². The highest BCUT2D eigenvalue weighted by molar-refractivity contribution is 7.90. The quantitative estimate of drug-likeness (QED) is 0.878. The first kappa shape index (κ1) is 13.1. The van der Waals surface area contributed by atoms with Gasteiger partial charge in [-0.05, 0) is 18.9 Å². The molecule has 0 saturated carbocycles. The van der Waals surface area contributed by atoms with Crippen LogP contribution in [0.25, 0.3) is 0 Å². The maximum atomic E-state index is 13.6. The topological polar surface area (TPSA) is 54.4 Å². The Bertz CT molecular complexity index is 468. The summed E-state index contributed by atoms with van der Waals surface area (Å²) in [6, 6.07) is 4.70. The monoisotopic (exact) mass is 246 g/mol. The van der Waals surface area contributed by atoms with Gasteiger partial charge in [-0.1, -0.05) is 18.2 Å². The van der Waals surface area contributed by atoms with Crippen molar-refractivity contribution in [1.82, 2.24) is 0 Å². The molecule has 1 unspecified atom stereocenters. The molecule has 0 aliphatic carbocycles. The number of sulfone groups is 1. The van der Waals surface area contributed by atoms with Gasteiger partial charge in [0.1, 0.15) is 15.7 Å². The smallest absolute Gasteiger partial charge is 0.147 e. The fourth-order valence-electron chi connectivity index (χ4n) is 1.41. The molecule has 0 fully saturated rings. The molecule has 0 spiro atoms. The van der Waals surface area contributed by atoms with Gasteiger partial charge >= 0.3 is 0 Å². The fourth-order valence-corrected chi connectivity index (χ4v) is 2.06. The zero-order chi connectivity index (χ0) is 12.3. The van der Waals surface area contributed by atoms with Crippen molar-refractivity contribution in [2.45, 2.75) is 19.4 Å². The fraction of sp³-hybridized carbons (Fsp3) is 0.455. The van der Waals surface area contributed by atoms with Crippen LogP contribution in [0, 0.1) is 12.7 Å². The minimum Gasteiger partial charge on any atom is -0.388 e. The minimum atomic E-state index is -3.13. The standard InChI is InChI=1S/C11H15FO3S/c1-8-4-3-5-9(11(8)12)10(13)6-7-16(2,14)15/h3-5,10,13H,6-7H2,1-2H3. The molecule has 0 aromatic heterocycles. The van der Waals surface area contributed by atoms with Crippen molar-refractivity contribution < 1.29 is 17.9 Å². The molecule has 0 aliphatic heterocycles. The molecule has 3 nitrogen and oxygen atoms in total. The molecule has 0 bridgehead atoms. The lowest BCUT2D eigenvalue weighted by molar-refractivity contribution is 0.169. The van der Waals surface area contributed by atoms with E-state index in [4.69, 9.17) is 0 Å². The van der Waals surface area contributed by atoms with Crippen molar-refractivity contribution in [3.63, 3.8) is 0 Å². The third-order valence-electron chi connectivity index (χ3n) is 2.34. The number of rotatable bonds is 4. The van der Waals surface area contributed by atoms with E-state index >= 15 is 0 Å². The molecule has 0 heterocycles. The third-order valence-corrected chi connectivity index (χ3v) is 3.32. The second-order valence-corrected chi connectivity index (χ2v) is 6.17. The van der Waals surface area contributed by atoms with Gasteiger partial charge in [-0.2, -0.15) is 0 Å². The Morgan fingerprint density at radius 3 is 2.62 bits per heavy atom. The second-order valence-electron chi connectivity index (χ2n) is 3.91. The van der Waals surface area contributed by atoms with E-state index in [1.54, 1.807) is 19.1 Å². The van der Waals surface area contributed by atoms with E-state index < -0.39 is 21.8 Å². The van der Waals surface area contributed by atoms with E-state index in [0.29, 0.717) is 5.56 Å². The van der Waals surface area contributed by atoms with Crippen LogP contribution in [0.3, 0.4) is 0 Å². The minimum absolute atomic E-state index is 0.0131. The van der Waals surface area contributed by atoms with Crippen LogP contribution in [-0.4, -0.2) is 25.5 Å². The molecule has 1 aromatic carbocycles. The van der Waals surface area contributed by atoms with Gasteiger partial charge < -0.3 is 5.11 Å². The summed E-state index contributed by atoms with van der Waals surface area (Å²) in [6.45, 7) is 1.60. The Morgan fingerprint density at radius 2 is 2.06 bits per heavy atom. The molecule has 0 amide bonds. The van der Waals surface area contributed by atoms with Crippen LogP contribution < -0.4 is 0 Å². The largest absolute Gasteiger partial charge is 0.388 e. The Kier molecular flexibility index (Phi) is 4.04. The van der Waals surface area contributed by atoms with Gasteiger partial charge in [0.25, 0.3) is 0 Å². The zero-order valence-corrected chi connectivity index (χ0v) is 10.1. The highest BCUT2D eigenvalue weighted by Crippen LogP contribution is 2.22. The van der Waals surface area contributed by atoms with Gasteiger partial charge in [-0.3, -0.25) is 0 Å². The summed E-state index contributed by atoms with van der Waals surface area (Å²) in [4.78, 5) is 0. The maximum Gasteiger partial charge on any atom is 0.147 e. The summed E-state index contributed by atoms with van der Waals surface area (Å²) in [5.74, 6) is -0.620. The van der Waals surface area contributed by atoms with Gasteiger partial charge in [0, 0.05) is 11.8 Å². The third kappa shape index (κ3) is 3.57. The zero-order valence-electron chi connectivity index (χ0n) is 9.27. The lowest BCUT2D eigenvalue weighted by Gasteiger charge is -2.12. The normalized spacial score (nSPS) is 13.8. The molecular weight excluding hydrogens is 231 g/mol. The molecule has 5 heteroatoms. The SMILES string of the molecule is Cc1cccc(C(O)CCS(C)(=O)=O)c1F. The van der Waals surface area contributed by atoms with Gasteiger partial charge in [-0.25, -0.2) is 12.8 Å². The lowest BCUT2D eigenvalue weighted by atomic mass is 10.0. The van der Waals surface area contributed by atoms with Crippen LogP contribution in [-0.2, 0) is 9.84 Å². The predicted octanol–water partition coefficient (Wildman–Crippen LogP) is 1.60. The van der Waals surface area contributed by atoms with Crippen molar-refractivity contribution in [3.8, 4) is 0 Å². The van der Waals surface area contributed by atoms with Crippen molar-refractivity contribution in [2.75, 3.05) is 12.0 Å². The van der Waals surface area contributed by atoms with E-state index in [1.807, 2.05) is 0 Å². The number of benzene rings is 1. The Balaban J connectivity index is 2.81. The van der Waals surface area contributed by atoms with Crippen LogP contribution in [0.15, 0.2) is 18.2 Å². The van der Waals surface area contributed by atoms with Crippen LogP contribution >= 0.6 is 0 Å². The molecule has 1 rings (SSSR count). The van der Waals surface area contributed by atoms with Crippen LogP contribution in [0.2, 0.25) is 0 Å². The van der Waals surface area contributed by atoms with Crippen molar-refractivity contribution in [3.05, 3.63) is 35.1 Å². The predicted molar refractivity (Wildman–Crippen MR) is 60.4 cm³/mol. The van der Waals surface area contributed by atoms with Gasteiger partial charge in [0.05, 0.1) is 11.9 Å². The number of aliphatic hydroxyl groups excluding tert-OH is 1. The highest BCUT2D eigenvalue weighted by atomic mass is 32.2. The summed E-state index contributed by atoms with van der Waals surface area (Å²) in [5, 5.41) is 9.68.